The van der Waals surface area contributed by atoms with Crippen molar-refractivity contribution >= 4 is 17.3 Å². The number of hydrogen-bond donors (Lipinski definition) is 3. The van der Waals surface area contributed by atoms with Crippen LogP contribution in [0.4, 0.5) is 33.3 Å². The second-order valence-corrected chi connectivity index (χ2v) is 7.43. The number of hydrogen-bond acceptors (Lipinski definition) is 4. The Labute approximate surface area is 178 Å². The SMILES string of the molecule is CC(O)(c1ccc(Nc2cc(-c3c(F)cccc3F)nc3c2C(=O)NC3)cc1)C(F)(F)F. The zero-order valence-electron chi connectivity index (χ0n) is 16.5. The van der Waals surface area contributed by atoms with Gasteiger partial charge in [-0.3, -0.25) is 4.79 Å². The second-order valence-electron chi connectivity index (χ2n) is 7.43. The van der Waals surface area contributed by atoms with E-state index in [1.54, 1.807) is 0 Å². The summed E-state index contributed by atoms with van der Waals surface area (Å²) in [6.07, 6.45) is -4.87. The largest absolute Gasteiger partial charge is 0.421 e. The number of rotatable bonds is 4. The van der Waals surface area contributed by atoms with Crippen LogP contribution in [0.2, 0.25) is 0 Å². The van der Waals surface area contributed by atoms with Gasteiger partial charge in [-0.25, -0.2) is 13.8 Å². The number of amides is 1. The minimum atomic E-state index is -4.87. The molecule has 3 aromatic rings. The topological polar surface area (TPSA) is 74.2 Å². The molecule has 0 fully saturated rings. The van der Waals surface area contributed by atoms with Gasteiger partial charge < -0.3 is 15.7 Å². The van der Waals surface area contributed by atoms with Crippen molar-refractivity contribution in [2.45, 2.75) is 25.2 Å². The number of halogens is 5. The molecule has 1 atom stereocenters. The molecule has 32 heavy (non-hydrogen) atoms. The van der Waals surface area contributed by atoms with Gasteiger partial charge in [0.2, 0.25) is 0 Å². The highest BCUT2D eigenvalue weighted by Crippen LogP contribution is 2.39. The molecule has 1 unspecified atom stereocenters. The maximum atomic E-state index is 14.3. The van der Waals surface area contributed by atoms with E-state index in [9.17, 15) is 31.9 Å². The van der Waals surface area contributed by atoms with Crippen molar-refractivity contribution in [1.29, 1.82) is 0 Å². The molecule has 2 aromatic carbocycles. The van der Waals surface area contributed by atoms with Crippen LogP contribution in [-0.4, -0.2) is 22.2 Å². The summed E-state index contributed by atoms with van der Waals surface area (Å²) in [6.45, 7) is 0.699. The predicted molar refractivity (Wildman–Crippen MR) is 106 cm³/mol. The van der Waals surface area contributed by atoms with Crippen LogP contribution in [0.15, 0.2) is 48.5 Å². The molecule has 1 aliphatic rings. The number of fused-ring (bicyclic) bond motifs is 1. The smallest absolute Gasteiger partial charge is 0.376 e. The van der Waals surface area contributed by atoms with Gasteiger partial charge in [0.25, 0.3) is 5.91 Å². The summed E-state index contributed by atoms with van der Waals surface area (Å²) in [5.74, 6) is -2.12. The van der Waals surface area contributed by atoms with Crippen molar-refractivity contribution in [2.75, 3.05) is 5.32 Å². The molecule has 0 spiro atoms. The van der Waals surface area contributed by atoms with E-state index in [2.05, 4.69) is 15.6 Å². The maximum Gasteiger partial charge on any atom is 0.421 e. The minimum absolute atomic E-state index is 0.0463. The Hall–Kier alpha value is -3.53. The normalized spacial score (nSPS) is 15.2. The fourth-order valence-corrected chi connectivity index (χ4v) is 3.40. The highest BCUT2D eigenvalue weighted by Gasteiger charge is 2.51. The first kappa shape index (κ1) is 21.7. The molecule has 166 valence electrons. The average Bonchev–Trinajstić information content (AvgIpc) is 3.08. The van der Waals surface area contributed by atoms with Crippen molar-refractivity contribution in [3.05, 3.63) is 77.0 Å². The number of aliphatic hydroxyl groups is 1. The Morgan fingerprint density at radius 3 is 2.25 bits per heavy atom. The molecular formula is C22H16F5N3O2. The van der Waals surface area contributed by atoms with Crippen LogP contribution >= 0.6 is 0 Å². The quantitative estimate of drug-likeness (QED) is 0.501. The molecule has 1 aliphatic heterocycles. The number of pyridine rings is 1. The summed E-state index contributed by atoms with van der Waals surface area (Å²) < 4.78 is 67.7. The first-order valence-corrected chi connectivity index (χ1v) is 9.42. The number of aromatic nitrogens is 1. The molecule has 1 amide bonds. The van der Waals surface area contributed by atoms with Gasteiger partial charge in [-0.15, -0.1) is 0 Å². The van der Waals surface area contributed by atoms with E-state index in [-0.39, 0.29) is 40.3 Å². The summed E-state index contributed by atoms with van der Waals surface area (Å²) in [5, 5.41) is 15.3. The van der Waals surface area contributed by atoms with Crippen LogP contribution in [-0.2, 0) is 12.1 Å². The molecule has 0 aliphatic carbocycles. The molecule has 0 saturated heterocycles. The van der Waals surface area contributed by atoms with Crippen LogP contribution in [0.1, 0.15) is 28.5 Å². The molecular weight excluding hydrogens is 433 g/mol. The van der Waals surface area contributed by atoms with E-state index in [1.165, 1.54) is 24.3 Å². The number of carbonyl (C=O) groups is 1. The van der Waals surface area contributed by atoms with Crippen LogP contribution < -0.4 is 10.6 Å². The van der Waals surface area contributed by atoms with Crippen LogP contribution in [0.3, 0.4) is 0 Å². The summed E-state index contributed by atoms with van der Waals surface area (Å²) in [6, 6.07) is 9.43. The second kappa shape index (κ2) is 7.56. The predicted octanol–water partition coefficient (Wildman–Crippen LogP) is 4.78. The Bertz CT molecular complexity index is 1190. The van der Waals surface area contributed by atoms with Crippen LogP contribution in [0.5, 0.6) is 0 Å². The van der Waals surface area contributed by atoms with E-state index < -0.39 is 29.3 Å². The Morgan fingerprint density at radius 1 is 1.03 bits per heavy atom. The number of nitrogens with one attached hydrogen (secondary N) is 2. The summed E-state index contributed by atoms with van der Waals surface area (Å²) in [4.78, 5) is 16.5. The fraction of sp³-hybridized carbons (Fsp3) is 0.182. The zero-order valence-corrected chi connectivity index (χ0v) is 16.5. The third kappa shape index (κ3) is 3.66. The molecule has 0 bridgehead atoms. The van der Waals surface area contributed by atoms with E-state index >= 15 is 0 Å². The van der Waals surface area contributed by atoms with Crippen molar-refractivity contribution in [2.24, 2.45) is 0 Å². The van der Waals surface area contributed by atoms with Crippen molar-refractivity contribution in [1.82, 2.24) is 10.3 Å². The minimum Gasteiger partial charge on any atom is -0.376 e. The van der Waals surface area contributed by atoms with Gasteiger partial charge in [-0.1, -0.05) is 18.2 Å². The van der Waals surface area contributed by atoms with Gasteiger partial charge in [0.15, 0.2) is 5.60 Å². The molecule has 0 saturated carbocycles. The number of carbonyl (C=O) groups excluding carboxylic acids is 1. The maximum absolute atomic E-state index is 14.3. The van der Waals surface area contributed by atoms with Gasteiger partial charge in [0.05, 0.1) is 34.7 Å². The van der Waals surface area contributed by atoms with E-state index in [0.717, 1.165) is 24.3 Å². The molecule has 0 radical (unpaired) electrons. The lowest BCUT2D eigenvalue weighted by molar-refractivity contribution is -0.258. The molecule has 10 heteroatoms. The lowest BCUT2D eigenvalue weighted by Crippen LogP contribution is -2.39. The standard InChI is InChI=1S/C22H16F5N3O2/c1-21(32,22(25,26)27)11-5-7-12(8-6-11)29-16-9-15(18-13(23)3-2-4-14(18)24)30-17-10-28-20(31)19(16)17/h2-9,32H,10H2,1H3,(H,28,31)(H,29,30). The Balaban J connectivity index is 1.74. The highest BCUT2D eigenvalue weighted by atomic mass is 19.4. The third-order valence-electron chi connectivity index (χ3n) is 5.23. The van der Waals surface area contributed by atoms with Crippen LogP contribution in [0, 0.1) is 11.6 Å². The molecule has 4 rings (SSSR count). The van der Waals surface area contributed by atoms with Gasteiger partial charge in [0, 0.05) is 5.69 Å². The number of anilines is 2. The summed E-state index contributed by atoms with van der Waals surface area (Å²) in [5.41, 5.74) is -2.92. The van der Waals surface area contributed by atoms with Crippen molar-refractivity contribution < 1.29 is 31.9 Å². The fourth-order valence-electron chi connectivity index (χ4n) is 3.40. The molecule has 3 N–H and O–H groups in total. The highest BCUT2D eigenvalue weighted by molar-refractivity contribution is 6.04. The first-order valence-electron chi connectivity index (χ1n) is 9.42. The Morgan fingerprint density at radius 2 is 1.66 bits per heavy atom. The monoisotopic (exact) mass is 449 g/mol. The van der Waals surface area contributed by atoms with E-state index in [0.29, 0.717) is 12.6 Å². The Kier molecular flexibility index (Phi) is 5.12. The van der Waals surface area contributed by atoms with Gasteiger partial charge in [0.1, 0.15) is 11.6 Å². The summed E-state index contributed by atoms with van der Waals surface area (Å²) >= 11 is 0. The lowest BCUT2D eigenvalue weighted by atomic mass is 9.95. The van der Waals surface area contributed by atoms with E-state index in [1.807, 2.05) is 0 Å². The molecule has 2 heterocycles. The van der Waals surface area contributed by atoms with Gasteiger partial charge in [-0.05, 0) is 42.8 Å². The van der Waals surface area contributed by atoms with Crippen molar-refractivity contribution in [3.63, 3.8) is 0 Å². The third-order valence-corrected chi connectivity index (χ3v) is 5.23. The van der Waals surface area contributed by atoms with Gasteiger partial charge >= 0.3 is 6.18 Å². The van der Waals surface area contributed by atoms with Crippen molar-refractivity contribution in [3.8, 4) is 11.3 Å². The summed E-state index contributed by atoms with van der Waals surface area (Å²) in [7, 11) is 0. The number of alkyl halides is 3. The molecule has 1 aromatic heterocycles. The number of nitrogens with zero attached hydrogens (tertiary/aromatic N) is 1. The zero-order chi connectivity index (χ0) is 23.3. The first-order chi connectivity index (χ1) is 15.0. The van der Waals surface area contributed by atoms with E-state index in [4.69, 9.17) is 0 Å². The lowest BCUT2D eigenvalue weighted by Gasteiger charge is -2.26. The van der Waals surface area contributed by atoms with Crippen LogP contribution in [0.25, 0.3) is 11.3 Å². The average molecular weight is 449 g/mol. The number of benzene rings is 2. The van der Waals surface area contributed by atoms with Gasteiger partial charge in [-0.2, -0.15) is 13.2 Å². The molecule has 5 nitrogen and oxygen atoms in total.